The van der Waals surface area contributed by atoms with E-state index in [1.165, 1.54) is 16.7 Å². The van der Waals surface area contributed by atoms with Crippen LogP contribution >= 0.6 is 0 Å². The second kappa shape index (κ2) is 7.15. The molecule has 7 heteroatoms. The van der Waals surface area contributed by atoms with Gasteiger partial charge in [0, 0.05) is 18.8 Å². The lowest BCUT2D eigenvalue weighted by Gasteiger charge is -2.23. The summed E-state index contributed by atoms with van der Waals surface area (Å²) >= 11 is 0. The predicted molar refractivity (Wildman–Crippen MR) is 102 cm³/mol. The van der Waals surface area contributed by atoms with Gasteiger partial charge in [0.25, 0.3) is 5.56 Å². The number of amides is 1. The van der Waals surface area contributed by atoms with Crippen LogP contribution in [0.15, 0.2) is 41.3 Å². The number of likely N-dealkylation sites (tertiary alicyclic amines) is 1. The number of carbonyl (C=O) groups is 1. The van der Waals surface area contributed by atoms with Gasteiger partial charge in [0.2, 0.25) is 5.91 Å². The third kappa shape index (κ3) is 3.23. The SMILES string of the molecule is CCN1CCCC1CNC(=O)Cn1c(=O)c2cccn2c2ccc(F)cc21. The maximum atomic E-state index is 13.8. The highest BCUT2D eigenvalue weighted by atomic mass is 19.1. The number of aromatic nitrogens is 2. The van der Waals surface area contributed by atoms with Crippen LogP contribution < -0.4 is 10.9 Å². The molecule has 6 nitrogen and oxygen atoms in total. The zero-order valence-corrected chi connectivity index (χ0v) is 15.3. The van der Waals surface area contributed by atoms with Gasteiger partial charge in [0.05, 0.1) is 11.0 Å². The first-order chi connectivity index (χ1) is 13.1. The second-order valence-corrected chi connectivity index (χ2v) is 7.02. The van der Waals surface area contributed by atoms with Crippen molar-refractivity contribution in [3.05, 3.63) is 52.7 Å². The molecule has 1 aliphatic heterocycles. The van der Waals surface area contributed by atoms with Crippen LogP contribution in [0.2, 0.25) is 0 Å². The summed E-state index contributed by atoms with van der Waals surface area (Å²) in [5.41, 5.74) is 1.27. The molecule has 1 aromatic carbocycles. The maximum absolute atomic E-state index is 13.8. The average molecular weight is 370 g/mol. The average Bonchev–Trinajstić information content (AvgIpc) is 3.32. The molecular weight excluding hydrogens is 347 g/mol. The van der Waals surface area contributed by atoms with E-state index in [1.54, 1.807) is 28.8 Å². The third-order valence-electron chi connectivity index (χ3n) is 5.44. The third-order valence-corrected chi connectivity index (χ3v) is 5.44. The topological polar surface area (TPSA) is 58.8 Å². The Balaban J connectivity index is 1.62. The summed E-state index contributed by atoms with van der Waals surface area (Å²) in [4.78, 5) is 27.7. The van der Waals surface area contributed by atoms with Gasteiger partial charge in [0.15, 0.2) is 0 Å². The first-order valence-electron chi connectivity index (χ1n) is 9.38. The van der Waals surface area contributed by atoms with Gasteiger partial charge in [-0.05, 0) is 56.3 Å². The van der Waals surface area contributed by atoms with Crippen LogP contribution in [-0.2, 0) is 11.3 Å². The smallest absolute Gasteiger partial charge is 0.275 e. The van der Waals surface area contributed by atoms with Crippen molar-refractivity contribution < 1.29 is 9.18 Å². The largest absolute Gasteiger partial charge is 0.353 e. The minimum absolute atomic E-state index is 0.126. The van der Waals surface area contributed by atoms with Crippen LogP contribution in [0.1, 0.15) is 19.8 Å². The Morgan fingerprint density at radius 1 is 1.26 bits per heavy atom. The number of hydrogen-bond acceptors (Lipinski definition) is 3. The molecule has 0 saturated carbocycles. The van der Waals surface area contributed by atoms with Gasteiger partial charge in [-0.3, -0.25) is 19.1 Å². The van der Waals surface area contributed by atoms with E-state index in [9.17, 15) is 14.0 Å². The minimum atomic E-state index is -0.438. The summed E-state index contributed by atoms with van der Waals surface area (Å²) in [7, 11) is 0. The van der Waals surface area contributed by atoms with Crippen LogP contribution in [0.5, 0.6) is 0 Å². The number of likely N-dealkylation sites (N-methyl/N-ethyl adjacent to an activating group) is 1. The summed E-state index contributed by atoms with van der Waals surface area (Å²) in [5, 5.41) is 2.94. The molecule has 1 N–H and O–H groups in total. The molecular formula is C20H23FN4O2. The van der Waals surface area contributed by atoms with Crippen molar-refractivity contribution in [2.24, 2.45) is 0 Å². The van der Waals surface area contributed by atoms with E-state index in [0.29, 0.717) is 29.1 Å². The summed E-state index contributed by atoms with van der Waals surface area (Å²) in [6.45, 7) is 4.59. The molecule has 1 fully saturated rings. The van der Waals surface area contributed by atoms with Crippen LogP contribution in [0.25, 0.3) is 16.6 Å². The highest BCUT2D eigenvalue weighted by molar-refractivity contribution is 5.82. The quantitative estimate of drug-likeness (QED) is 0.747. The number of carbonyl (C=O) groups excluding carboxylic acids is 1. The van der Waals surface area contributed by atoms with Gasteiger partial charge in [-0.1, -0.05) is 6.92 Å². The predicted octanol–water partition coefficient (Wildman–Crippen LogP) is 1.99. The van der Waals surface area contributed by atoms with E-state index in [1.807, 2.05) is 0 Å². The number of fused-ring (bicyclic) bond motifs is 3. The van der Waals surface area contributed by atoms with Gasteiger partial charge in [0.1, 0.15) is 17.9 Å². The van der Waals surface area contributed by atoms with E-state index in [2.05, 4.69) is 17.1 Å². The molecule has 0 aliphatic carbocycles. The van der Waals surface area contributed by atoms with Crippen molar-refractivity contribution in [3.63, 3.8) is 0 Å². The Labute approximate surface area is 156 Å². The summed E-state index contributed by atoms with van der Waals surface area (Å²) in [5.74, 6) is -0.673. The Morgan fingerprint density at radius 2 is 2.11 bits per heavy atom. The molecule has 142 valence electrons. The van der Waals surface area contributed by atoms with Crippen molar-refractivity contribution >= 4 is 22.5 Å². The van der Waals surface area contributed by atoms with E-state index in [-0.39, 0.29) is 18.0 Å². The summed E-state index contributed by atoms with van der Waals surface area (Å²) in [6, 6.07) is 8.11. The fourth-order valence-electron chi connectivity index (χ4n) is 4.06. The van der Waals surface area contributed by atoms with Crippen LogP contribution in [0.3, 0.4) is 0 Å². The first-order valence-corrected chi connectivity index (χ1v) is 9.38. The zero-order valence-electron chi connectivity index (χ0n) is 15.3. The summed E-state index contributed by atoms with van der Waals surface area (Å²) < 4.78 is 16.9. The van der Waals surface area contributed by atoms with Gasteiger partial charge in [-0.2, -0.15) is 0 Å². The number of rotatable bonds is 5. The van der Waals surface area contributed by atoms with Crippen molar-refractivity contribution in [3.8, 4) is 0 Å². The van der Waals surface area contributed by atoms with Gasteiger partial charge in [-0.15, -0.1) is 0 Å². The molecule has 1 atom stereocenters. The van der Waals surface area contributed by atoms with Gasteiger partial charge < -0.3 is 9.72 Å². The van der Waals surface area contributed by atoms with Crippen molar-refractivity contribution in [1.29, 1.82) is 0 Å². The first kappa shape index (κ1) is 17.7. The number of benzene rings is 1. The Kier molecular flexibility index (Phi) is 4.70. The number of nitrogens with zero attached hydrogens (tertiary/aromatic N) is 3. The van der Waals surface area contributed by atoms with Gasteiger partial charge in [-0.25, -0.2) is 4.39 Å². The molecule has 3 heterocycles. The number of nitrogens with one attached hydrogen (secondary N) is 1. The molecule has 0 spiro atoms. The van der Waals surface area contributed by atoms with Crippen LogP contribution in [0, 0.1) is 5.82 Å². The highest BCUT2D eigenvalue weighted by Gasteiger charge is 2.23. The van der Waals surface area contributed by atoms with Crippen molar-refractivity contribution in [1.82, 2.24) is 19.2 Å². The normalized spacial score (nSPS) is 17.8. The summed E-state index contributed by atoms with van der Waals surface area (Å²) in [6.07, 6.45) is 3.97. The number of hydrogen-bond donors (Lipinski definition) is 1. The van der Waals surface area contributed by atoms with E-state index < -0.39 is 5.82 Å². The van der Waals surface area contributed by atoms with E-state index >= 15 is 0 Å². The van der Waals surface area contributed by atoms with E-state index in [0.717, 1.165) is 25.9 Å². The standard InChI is InChI=1S/C20H23FN4O2/c1-2-23-9-3-5-15(23)12-22-19(26)13-25-18-11-14(21)7-8-16(18)24-10-4-6-17(24)20(25)27/h4,6-8,10-11,15H,2-3,5,9,12-13H2,1H3,(H,22,26). The molecule has 2 aromatic heterocycles. The van der Waals surface area contributed by atoms with Crippen LogP contribution in [-0.4, -0.2) is 45.5 Å². The number of halogens is 1. The molecule has 0 radical (unpaired) electrons. The molecule has 4 rings (SSSR count). The molecule has 1 aliphatic rings. The van der Waals surface area contributed by atoms with Crippen LogP contribution in [0.4, 0.5) is 4.39 Å². The Hall–Kier alpha value is -2.67. The van der Waals surface area contributed by atoms with Gasteiger partial charge >= 0.3 is 0 Å². The fourth-order valence-corrected chi connectivity index (χ4v) is 4.06. The molecule has 1 amide bonds. The molecule has 0 bridgehead atoms. The molecule has 1 unspecified atom stereocenters. The minimum Gasteiger partial charge on any atom is -0.353 e. The fraction of sp³-hybridized carbons (Fsp3) is 0.400. The lowest BCUT2D eigenvalue weighted by atomic mass is 10.2. The lowest BCUT2D eigenvalue weighted by Crippen LogP contribution is -2.42. The highest BCUT2D eigenvalue weighted by Crippen LogP contribution is 2.17. The van der Waals surface area contributed by atoms with Crippen molar-refractivity contribution in [2.75, 3.05) is 19.6 Å². The van der Waals surface area contributed by atoms with E-state index in [4.69, 9.17) is 0 Å². The monoisotopic (exact) mass is 370 g/mol. The zero-order chi connectivity index (χ0) is 19.0. The second-order valence-electron chi connectivity index (χ2n) is 7.02. The Morgan fingerprint density at radius 3 is 2.93 bits per heavy atom. The molecule has 27 heavy (non-hydrogen) atoms. The molecule has 3 aromatic rings. The maximum Gasteiger partial charge on any atom is 0.275 e. The molecule has 1 saturated heterocycles. The van der Waals surface area contributed by atoms with Crippen molar-refractivity contribution in [2.45, 2.75) is 32.4 Å². The lowest BCUT2D eigenvalue weighted by molar-refractivity contribution is -0.121. The Bertz CT molecular complexity index is 1060.